The Morgan fingerprint density at radius 2 is 1.70 bits per heavy atom. The molecule has 0 saturated carbocycles. The Morgan fingerprint density at radius 3 is 2.37 bits per heavy atom. The molecule has 1 amide bonds. The molecule has 8 heteroatoms. The molecule has 30 heavy (non-hydrogen) atoms. The number of methoxy groups -OCH3 is 1. The van der Waals surface area contributed by atoms with Crippen molar-refractivity contribution < 1.29 is 24.0 Å². The number of carbonyl (C=O) groups excluding carboxylic acids is 2. The molecular weight excluding hydrogens is 388 g/mol. The molecule has 3 rings (SSSR count). The van der Waals surface area contributed by atoms with Gasteiger partial charge in [0.25, 0.3) is 5.91 Å². The third-order valence-electron chi connectivity index (χ3n) is 4.32. The molecule has 0 atom stereocenters. The third kappa shape index (κ3) is 4.61. The predicted octanol–water partition coefficient (Wildman–Crippen LogP) is 4.38. The Labute approximate surface area is 172 Å². The maximum absolute atomic E-state index is 12.6. The maximum atomic E-state index is 12.6. The first-order chi connectivity index (χ1) is 14.4. The highest BCUT2D eigenvalue weighted by Crippen LogP contribution is 2.32. The smallest absolute Gasteiger partial charge is 0.343 e. The van der Waals surface area contributed by atoms with Crippen molar-refractivity contribution in [1.82, 2.24) is 0 Å². The van der Waals surface area contributed by atoms with Gasteiger partial charge >= 0.3 is 11.7 Å². The number of benzene rings is 3. The first kappa shape index (κ1) is 20.5. The van der Waals surface area contributed by atoms with Crippen LogP contribution in [0.3, 0.4) is 0 Å². The van der Waals surface area contributed by atoms with Gasteiger partial charge in [-0.1, -0.05) is 24.3 Å². The Hall–Kier alpha value is -4.20. The summed E-state index contributed by atoms with van der Waals surface area (Å²) < 4.78 is 10.2. The lowest BCUT2D eigenvalue weighted by Gasteiger charge is -2.11. The zero-order valence-electron chi connectivity index (χ0n) is 16.2. The molecule has 0 aliphatic carbocycles. The van der Waals surface area contributed by atoms with Crippen LogP contribution >= 0.6 is 0 Å². The van der Waals surface area contributed by atoms with Gasteiger partial charge in [-0.25, -0.2) is 4.79 Å². The number of amides is 1. The molecule has 3 aromatic rings. The highest BCUT2D eigenvalue weighted by Gasteiger charge is 2.21. The minimum Gasteiger partial charge on any atom is -0.496 e. The number of rotatable bonds is 6. The molecule has 0 unspecified atom stereocenters. The average Bonchev–Trinajstić information content (AvgIpc) is 2.75. The summed E-state index contributed by atoms with van der Waals surface area (Å²) in [4.78, 5) is 35.6. The summed E-state index contributed by atoms with van der Waals surface area (Å²) in [5, 5.41) is 14.0. The molecule has 0 fully saturated rings. The standard InChI is InChI=1S/C22H18N2O6/c1-14-8-9-16(12-18(14)23-21(25)15-6-4-3-5-7-15)22(26)30-20-11-10-17(29-2)13-19(20)24(27)28/h3-13H,1-2H3,(H,23,25). The van der Waals surface area contributed by atoms with Gasteiger partial charge in [0.1, 0.15) is 5.75 Å². The first-order valence-corrected chi connectivity index (χ1v) is 8.90. The lowest BCUT2D eigenvalue weighted by molar-refractivity contribution is -0.385. The lowest BCUT2D eigenvalue weighted by atomic mass is 10.1. The molecule has 0 spiro atoms. The molecule has 0 aliphatic rings. The Morgan fingerprint density at radius 1 is 0.967 bits per heavy atom. The van der Waals surface area contributed by atoms with Gasteiger partial charge in [0.2, 0.25) is 5.75 Å². The van der Waals surface area contributed by atoms with E-state index in [9.17, 15) is 19.7 Å². The van der Waals surface area contributed by atoms with E-state index < -0.39 is 16.6 Å². The van der Waals surface area contributed by atoms with Gasteiger partial charge in [-0.05, 0) is 48.9 Å². The monoisotopic (exact) mass is 406 g/mol. The van der Waals surface area contributed by atoms with Crippen molar-refractivity contribution in [3.63, 3.8) is 0 Å². The van der Waals surface area contributed by atoms with Crippen molar-refractivity contribution in [2.75, 3.05) is 12.4 Å². The first-order valence-electron chi connectivity index (χ1n) is 8.90. The molecule has 0 heterocycles. The van der Waals surface area contributed by atoms with Crippen LogP contribution in [0.1, 0.15) is 26.3 Å². The number of hydrogen-bond acceptors (Lipinski definition) is 6. The normalized spacial score (nSPS) is 10.2. The molecule has 1 N–H and O–H groups in total. The Balaban J connectivity index is 1.83. The van der Waals surface area contributed by atoms with E-state index in [-0.39, 0.29) is 23.0 Å². The van der Waals surface area contributed by atoms with Gasteiger partial charge in [0.05, 0.1) is 23.7 Å². The lowest BCUT2D eigenvalue weighted by Crippen LogP contribution is -2.14. The summed E-state index contributed by atoms with van der Waals surface area (Å²) in [6.45, 7) is 1.78. The van der Waals surface area contributed by atoms with Crippen molar-refractivity contribution >= 4 is 23.3 Å². The van der Waals surface area contributed by atoms with Gasteiger partial charge in [-0.2, -0.15) is 0 Å². The number of ether oxygens (including phenoxy) is 2. The average molecular weight is 406 g/mol. The number of nitrogens with zero attached hydrogens (tertiary/aromatic N) is 1. The van der Waals surface area contributed by atoms with E-state index >= 15 is 0 Å². The van der Waals surface area contributed by atoms with E-state index in [0.29, 0.717) is 11.3 Å². The van der Waals surface area contributed by atoms with E-state index in [4.69, 9.17) is 9.47 Å². The fraction of sp³-hybridized carbons (Fsp3) is 0.0909. The van der Waals surface area contributed by atoms with Crippen LogP contribution in [0.2, 0.25) is 0 Å². The van der Waals surface area contributed by atoms with Crippen LogP contribution in [0, 0.1) is 17.0 Å². The summed E-state index contributed by atoms with van der Waals surface area (Å²) in [5.41, 5.74) is 1.38. The quantitative estimate of drug-likeness (QED) is 0.282. The molecule has 0 bridgehead atoms. The fourth-order valence-electron chi connectivity index (χ4n) is 2.68. The number of aryl methyl sites for hydroxylation is 1. The molecule has 0 saturated heterocycles. The van der Waals surface area contributed by atoms with E-state index in [1.807, 2.05) is 0 Å². The van der Waals surface area contributed by atoms with Crippen molar-refractivity contribution in [2.24, 2.45) is 0 Å². The van der Waals surface area contributed by atoms with Crippen LogP contribution in [0.5, 0.6) is 11.5 Å². The molecule has 0 aromatic heterocycles. The minimum absolute atomic E-state index is 0.133. The second kappa shape index (κ2) is 8.87. The summed E-state index contributed by atoms with van der Waals surface area (Å²) in [6.07, 6.45) is 0. The molecule has 152 valence electrons. The summed E-state index contributed by atoms with van der Waals surface area (Å²) in [5.74, 6) is -1.06. The molecule has 3 aromatic carbocycles. The van der Waals surface area contributed by atoms with Crippen molar-refractivity contribution in [3.05, 3.63) is 93.5 Å². The summed E-state index contributed by atoms with van der Waals surface area (Å²) in [7, 11) is 1.38. The topological polar surface area (TPSA) is 108 Å². The van der Waals surface area contributed by atoms with Gasteiger partial charge in [-0.3, -0.25) is 14.9 Å². The second-order valence-corrected chi connectivity index (χ2v) is 6.33. The minimum atomic E-state index is -0.793. The summed E-state index contributed by atoms with van der Waals surface area (Å²) in [6, 6.07) is 17.2. The molecule has 8 nitrogen and oxygen atoms in total. The number of nitro benzene ring substituents is 1. The second-order valence-electron chi connectivity index (χ2n) is 6.33. The number of hydrogen-bond donors (Lipinski definition) is 1. The van der Waals surface area contributed by atoms with E-state index in [2.05, 4.69) is 5.32 Å². The van der Waals surface area contributed by atoms with Crippen LogP contribution in [-0.4, -0.2) is 23.9 Å². The maximum Gasteiger partial charge on any atom is 0.343 e. The van der Waals surface area contributed by atoms with Crippen LogP contribution in [0.15, 0.2) is 66.7 Å². The van der Waals surface area contributed by atoms with Crippen LogP contribution < -0.4 is 14.8 Å². The van der Waals surface area contributed by atoms with Crippen LogP contribution in [-0.2, 0) is 0 Å². The van der Waals surface area contributed by atoms with Gasteiger partial charge in [-0.15, -0.1) is 0 Å². The SMILES string of the molecule is COc1ccc(OC(=O)c2ccc(C)c(NC(=O)c3ccccc3)c2)c([N+](=O)[O-])c1. The summed E-state index contributed by atoms with van der Waals surface area (Å²) >= 11 is 0. The van der Waals surface area contributed by atoms with E-state index in [1.165, 1.54) is 37.4 Å². The Bertz CT molecular complexity index is 1110. The van der Waals surface area contributed by atoms with Gasteiger partial charge in [0, 0.05) is 11.3 Å². The van der Waals surface area contributed by atoms with E-state index in [0.717, 1.165) is 5.56 Å². The zero-order valence-corrected chi connectivity index (χ0v) is 16.2. The van der Waals surface area contributed by atoms with Crippen LogP contribution in [0.25, 0.3) is 0 Å². The third-order valence-corrected chi connectivity index (χ3v) is 4.32. The number of nitro groups is 1. The van der Waals surface area contributed by atoms with Crippen LogP contribution in [0.4, 0.5) is 11.4 Å². The van der Waals surface area contributed by atoms with Crippen molar-refractivity contribution in [2.45, 2.75) is 6.92 Å². The molecule has 0 radical (unpaired) electrons. The number of nitrogens with one attached hydrogen (secondary N) is 1. The number of esters is 1. The van der Waals surface area contributed by atoms with E-state index in [1.54, 1.807) is 43.3 Å². The predicted molar refractivity (Wildman–Crippen MR) is 110 cm³/mol. The van der Waals surface area contributed by atoms with Crippen molar-refractivity contribution in [3.8, 4) is 11.5 Å². The zero-order chi connectivity index (χ0) is 21.7. The van der Waals surface area contributed by atoms with Gasteiger partial charge in [0.15, 0.2) is 0 Å². The number of anilines is 1. The molecular formula is C22H18N2O6. The number of carbonyl (C=O) groups is 2. The Kier molecular flexibility index (Phi) is 6.07. The van der Waals surface area contributed by atoms with Gasteiger partial charge < -0.3 is 14.8 Å². The highest BCUT2D eigenvalue weighted by molar-refractivity contribution is 6.05. The molecule has 0 aliphatic heterocycles. The van der Waals surface area contributed by atoms with Crippen molar-refractivity contribution in [1.29, 1.82) is 0 Å². The largest absolute Gasteiger partial charge is 0.496 e. The fourth-order valence-corrected chi connectivity index (χ4v) is 2.68. The highest BCUT2D eigenvalue weighted by atomic mass is 16.6.